The first kappa shape index (κ1) is 17.2. The van der Waals surface area contributed by atoms with Crippen molar-refractivity contribution in [3.63, 3.8) is 0 Å². The van der Waals surface area contributed by atoms with Crippen molar-refractivity contribution in [3.05, 3.63) is 0 Å². The molecule has 1 rings (SSSR count). The highest BCUT2D eigenvalue weighted by atomic mass is 28.4. The fraction of sp³-hybridized carbons (Fsp3) is 0.857. The molecule has 1 aliphatic heterocycles. The van der Waals surface area contributed by atoms with Crippen molar-refractivity contribution in [2.24, 2.45) is 11.8 Å². The zero-order valence-corrected chi connectivity index (χ0v) is 14.5. The summed E-state index contributed by atoms with van der Waals surface area (Å²) in [6.07, 6.45) is -0.253. The van der Waals surface area contributed by atoms with Crippen molar-refractivity contribution in [1.29, 1.82) is 0 Å². The van der Waals surface area contributed by atoms with Crippen molar-refractivity contribution in [3.8, 4) is 0 Å². The largest absolute Gasteiger partial charge is 0.481 e. The van der Waals surface area contributed by atoms with E-state index in [-0.39, 0.29) is 29.0 Å². The normalized spacial score (nSPS) is 26.4. The molecule has 0 saturated carbocycles. The van der Waals surface area contributed by atoms with Gasteiger partial charge < -0.3 is 14.8 Å². The minimum atomic E-state index is -1.96. The van der Waals surface area contributed by atoms with Crippen LogP contribution in [-0.4, -0.2) is 37.4 Å². The summed E-state index contributed by atoms with van der Waals surface area (Å²) in [5.74, 6) is -1.95. The maximum absolute atomic E-state index is 11.8. The lowest BCUT2D eigenvalue weighted by Crippen LogP contribution is -2.66. The molecule has 0 aliphatic carbocycles. The van der Waals surface area contributed by atoms with Gasteiger partial charge in [0.05, 0.1) is 24.0 Å². The summed E-state index contributed by atoms with van der Waals surface area (Å²) in [6.45, 7) is 14.2. The summed E-state index contributed by atoms with van der Waals surface area (Å²) < 4.78 is 6.22. The van der Waals surface area contributed by atoms with Crippen LogP contribution in [0, 0.1) is 11.8 Å². The van der Waals surface area contributed by atoms with Gasteiger partial charge in [-0.3, -0.25) is 9.59 Å². The van der Waals surface area contributed by atoms with Gasteiger partial charge in [-0.15, -0.1) is 0 Å². The average Bonchev–Trinajstić information content (AvgIpc) is 2.21. The molecule has 0 aromatic rings. The maximum Gasteiger partial charge on any atom is 0.308 e. The van der Waals surface area contributed by atoms with E-state index >= 15 is 0 Å². The second-order valence-electron chi connectivity index (χ2n) is 7.27. The van der Waals surface area contributed by atoms with Gasteiger partial charge >= 0.3 is 5.97 Å². The van der Waals surface area contributed by atoms with Gasteiger partial charge in [0.1, 0.15) is 0 Å². The molecule has 1 aliphatic rings. The molecule has 5 nitrogen and oxygen atoms in total. The number of carboxylic acids is 1. The molecule has 0 aromatic heterocycles. The molecule has 2 unspecified atom stereocenters. The van der Waals surface area contributed by atoms with E-state index in [2.05, 4.69) is 39.2 Å². The minimum absolute atomic E-state index is 0.0649. The number of carbonyl (C=O) groups is 2. The number of aliphatic carboxylic acids is 1. The summed E-state index contributed by atoms with van der Waals surface area (Å²) in [6, 6.07) is -0.334. The van der Waals surface area contributed by atoms with Crippen LogP contribution in [0.3, 0.4) is 0 Å². The van der Waals surface area contributed by atoms with E-state index in [4.69, 9.17) is 9.53 Å². The topological polar surface area (TPSA) is 75.6 Å². The lowest BCUT2D eigenvalue weighted by molar-refractivity contribution is -0.151. The number of rotatable bonds is 5. The predicted octanol–water partition coefficient (Wildman–Crippen LogP) is 2.23. The summed E-state index contributed by atoms with van der Waals surface area (Å²) in [5, 5.41) is 11.8. The Hall–Kier alpha value is -0.883. The Morgan fingerprint density at radius 1 is 1.35 bits per heavy atom. The summed E-state index contributed by atoms with van der Waals surface area (Å²) >= 11 is 0. The summed E-state index contributed by atoms with van der Waals surface area (Å²) in [5.41, 5.74) is 0. The molecule has 4 atom stereocenters. The molecular formula is C14H27NO4Si. The van der Waals surface area contributed by atoms with Crippen LogP contribution in [0.2, 0.25) is 18.1 Å². The number of amides is 1. The molecule has 1 amide bonds. The fourth-order valence-corrected chi connectivity index (χ4v) is 3.66. The molecular weight excluding hydrogens is 274 g/mol. The Bertz CT molecular complexity index is 402. The number of hydrogen-bond acceptors (Lipinski definition) is 3. The highest BCUT2D eigenvalue weighted by molar-refractivity contribution is 6.74. The second-order valence-corrected chi connectivity index (χ2v) is 12.0. The van der Waals surface area contributed by atoms with E-state index in [0.29, 0.717) is 0 Å². The summed E-state index contributed by atoms with van der Waals surface area (Å²) in [4.78, 5) is 22.8. The smallest absolute Gasteiger partial charge is 0.308 e. The quantitative estimate of drug-likeness (QED) is 0.603. The molecule has 0 aromatic carbocycles. The maximum atomic E-state index is 11.8. The summed E-state index contributed by atoms with van der Waals surface area (Å²) in [7, 11) is -1.96. The van der Waals surface area contributed by atoms with Crippen LogP contribution < -0.4 is 5.32 Å². The third kappa shape index (κ3) is 3.23. The van der Waals surface area contributed by atoms with Gasteiger partial charge in [0.2, 0.25) is 5.91 Å². The van der Waals surface area contributed by atoms with Crippen molar-refractivity contribution in [1.82, 2.24) is 5.32 Å². The number of hydrogen-bond donors (Lipinski definition) is 2. The SMILES string of the molecule is CC(O[Si](C)(C)C(C)(C)C)[C@H]1C(=O)N[C@H]1C(C)C(=O)O. The van der Waals surface area contributed by atoms with Crippen LogP contribution in [0.5, 0.6) is 0 Å². The van der Waals surface area contributed by atoms with Crippen LogP contribution in [0.1, 0.15) is 34.6 Å². The fourth-order valence-electron chi connectivity index (χ4n) is 2.23. The monoisotopic (exact) mass is 301 g/mol. The van der Waals surface area contributed by atoms with Crippen molar-refractivity contribution in [2.75, 3.05) is 0 Å². The Labute approximate surface area is 122 Å². The van der Waals surface area contributed by atoms with Crippen LogP contribution in [0.25, 0.3) is 0 Å². The molecule has 20 heavy (non-hydrogen) atoms. The van der Waals surface area contributed by atoms with Gasteiger partial charge in [-0.2, -0.15) is 0 Å². The number of carbonyl (C=O) groups excluding carboxylic acids is 1. The van der Waals surface area contributed by atoms with E-state index in [9.17, 15) is 9.59 Å². The molecule has 116 valence electrons. The number of carboxylic acid groups (broad SMARTS) is 1. The molecule has 1 fully saturated rings. The van der Waals surface area contributed by atoms with Gasteiger partial charge in [0.25, 0.3) is 0 Å². The molecule has 1 saturated heterocycles. The van der Waals surface area contributed by atoms with E-state index in [1.807, 2.05) is 6.92 Å². The third-order valence-electron chi connectivity index (χ3n) is 4.72. The van der Waals surface area contributed by atoms with Crippen LogP contribution in [0.4, 0.5) is 0 Å². The Balaban J connectivity index is 2.78. The van der Waals surface area contributed by atoms with Gasteiger partial charge in [-0.25, -0.2) is 0 Å². The van der Waals surface area contributed by atoms with Crippen LogP contribution >= 0.6 is 0 Å². The standard InChI is InChI=1S/C14H27NO4Si/c1-8(13(17)18)11-10(12(16)15-11)9(2)19-20(6,7)14(3,4)5/h8-11H,1-7H3,(H,15,16)(H,17,18)/t8?,9?,10-,11+/m1/s1. The first-order chi connectivity index (χ1) is 8.88. The van der Waals surface area contributed by atoms with Gasteiger partial charge in [0.15, 0.2) is 8.32 Å². The van der Waals surface area contributed by atoms with Gasteiger partial charge in [0, 0.05) is 0 Å². The number of β-lactam (4-membered cyclic amide) rings is 1. The Morgan fingerprint density at radius 2 is 1.85 bits per heavy atom. The Morgan fingerprint density at radius 3 is 2.20 bits per heavy atom. The third-order valence-corrected chi connectivity index (χ3v) is 9.29. The van der Waals surface area contributed by atoms with E-state index in [1.54, 1.807) is 6.92 Å². The first-order valence-corrected chi connectivity index (χ1v) is 10.0. The van der Waals surface area contributed by atoms with Crippen LogP contribution in [0.15, 0.2) is 0 Å². The lowest BCUT2D eigenvalue weighted by atomic mass is 9.79. The first-order valence-electron chi connectivity index (χ1n) is 7.09. The van der Waals surface area contributed by atoms with Gasteiger partial charge in [-0.1, -0.05) is 20.8 Å². The zero-order valence-electron chi connectivity index (χ0n) is 13.5. The van der Waals surface area contributed by atoms with Crippen molar-refractivity contribution >= 4 is 20.2 Å². The van der Waals surface area contributed by atoms with Gasteiger partial charge in [-0.05, 0) is 32.0 Å². The molecule has 1 heterocycles. The Kier molecular flexibility index (Phi) is 4.71. The second kappa shape index (κ2) is 5.48. The number of nitrogens with one attached hydrogen (secondary N) is 1. The minimum Gasteiger partial charge on any atom is -0.481 e. The molecule has 6 heteroatoms. The average molecular weight is 301 g/mol. The van der Waals surface area contributed by atoms with E-state index < -0.39 is 20.2 Å². The van der Waals surface area contributed by atoms with Crippen LogP contribution in [-0.2, 0) is 14.0 Å². The zero-order chi connectivity index (χ0) is 15.9. The predicted molar refractivity (Wildman–Crippen MR) is 80.0 cm³/mol. The van der Waals surface area contributed by atoms with Crippen molar-refractivity contribution in [2.45, 2.75) is 64.9 Å². The molecule has 0 bridgehead atoms. The highest BCUT2D eigenvalue weighted by Crippen LogP contribution is 2.39. The molecule has 0 spiro atoms. The molecule has 2 N–H and O–H groups in total. The molecule has 0 radical (unpaired) electrons. The van der Waals surface area contributed by atoms with E-state index in [1.165, 1.54) is 0 Å². The van der Waals surface area contributed by atoms with E-state index in [0.717, 1.165) is 0 Å². The highest BCUT2D eigenvalue weighted by Gasteiger charge is 2.50. The lowest BCUT2D eigenvalue weighted by Gasteiger charge is -2.46. The van der Waals surface area contributed by atoms with Crippen molar-refractivity contribution < 1.29 is 19.1 Å².